The van der Waals surface area contributed by atoms with Crippen LogP contribution in [0.15, 0.2) is 77.2 Å². The van der Waals surface area contributed by atoms with Crippen LogP contribution in [0, 0.1) is 0 Å². The maximum Gasteiger partial charge on any atom is 0.203 e. The number of anilines is 1. The van der Waals surface area contributed by atoms with Crippen molar-refractivity contribution in [1.29, 1.82) is 0 Å². The van der Waals surface area contributed by atoms with E-state index in [1.807, 2.05) is 30.3 Å². The quantitative estimate of drug-likeness (QED) is 0.285. The van der Waals surface area contributed by atoms with Crippen molar-refractivity contribution in [2.24, 2.45) is 0 Å². The second-order valence-electron chi connectivity index (χ2n) is 8.87. The highest BCUT2D eigenvalue weighted by molar-refractivity contribution is 6.07. The van der Waals surface area contributed by atoms with Gasteiger partial charge in [-0.3, -0.25) is 0 Å². The molecule has 36 heavy (non-hydrogen) atoms. The zero-order valence-corrected chi connectivity index (χ0v) is 22.1. The second-order valence-corrected chi connectivity index (χ2v) is 8.87. The molecule has 0 saturated heterocycles. The van der Waals surface area contributed by atoms with Gasteiger partial charge in [0.25, 0.3) is 0 Å². The third-order valence-corrected chi connectivity index (χ3v) is 7.12. The average Bonchev–Trinajstić information content (AvgIpc) is 2.89. The Kier molecular flexibility index (Phi) is 7.56. The molecule has 2 aliphatic rings. The maximum atomic E-state index is 11.4. The first-order valence-corrected chi connectivity index (χ1v) is 12.6. The first kappa shape index (κ1) is 25.6. The molecule has 1 N–H and O–H groups in total. The smallest absolute Gasteiger partial charge is 0.203 e. The molecule has 0 atom stereocenters. The van der Waals surface area contributed by atoms with E-state index < -0.39 is 0 Å². The van der Waals surface area contributed by atoms with Crippen molar-refractivity contribution < 1.29 is 21.9 Å². The van der Waals surface area contributed by atoms with Gasteiger partial charge in [0, 0.05) is 58.4 Å². The molecule has 0 spiro atoms. The Hall–Kier alpha value is -3.50. The summed E-state index contributed by atoms with van der Waals surface area (Å²) in [6.07, 6.45) is 0. The summed E-state index contributed by atoms with van der Waals surface area (Å²) in [6, 6.07) is 24.9. The summed E-state index contributed by atoms with van der Waals surface area (Å²) in [5.74, 6) is 1.12. The van der Waals surface area contributed by atoms with Crippen LogP contribution >= 0.6 is 0 Å². The number of benzene rings is 4. The molecule has 5 rings (SSSR count). The van der Waals surface area contributed by atoms with Gasteiger partial charge in [0.1, 0.15) is 30.2 Å². The monoisotopic (exact) mass is 500 g/mol. The highest BCUT2D eigenvalue weighted by Crippen LogP contribution is 2.45. The van der Waals surface area contributed by atoms with Crippen molar-refractivity contribution in [3.05, 3.63) is 78.2 Å². The van der Waals surface area contributed by atoms with Crippen LogP contribution in [0.25, 0.3) is 44.2 Å². The summed E-state index contributed by atoms with van der Waals surface area (Å²) in [5.41, 5.74) is 4.78. The van der Waals surface area contributed by atoms with E-state index in [1.54, 1.807) is 0 Å². The van der Waals surface area contributed by atoms with Gasteiger partial charge in [-0.05, 0) is 57.3 Å². The zero-order valence-electron chi connectivity index (χ0n) is 21.4. The summed E-state index contributed by atoms with van der Waals surface area (Å²) in [4.78, 5) is 2.32. The lowest BCUT2D eigenvalue weighted by atomic mass is 9.91. The Morgan fingerprint density at radius 2 is 1.50 bits per heavy atom. The van der Waals surface area contributed by atoms with Crippen LogP contribution in [-0.4, -0.2) is 31.3 Å². The average molecular weight is 501 g/mol. The van der Waals surface area contributed by atoms with E-state index in [-0.39, 0.29) is 12.4 Å². The second kappa shape index (κ2) is 10.6. The molecule has 3 aromatic carbocycles. The highest BCUT2D eigenvalue weighted by atomic mass is 35.5. The molecule has 0 radical (unpaired) electrons. The molecule has 0 saturated carbocycles. The number of aromatic hydroxyl groups is 1. The summed E-state index contributed by atoms with van der Waals surface area (Å²) in [5, 5.41) is 15.4. The molecular weight excluding hydrogens is 468 g/mol. The van der Waals surface area contributed by atoms with Crippen LogP contribution in [0.4, 0.5) is 5.69 Å². The fourth-order valence-electron chi connectivity index (χ4n) is 5.19. The summed E-state index contributed by atoms with van der Waals surface area (Å²) in [6.45, 7) is 12.4. The molecule has 1 aliphatic heterocycles. The van der Waals surface area contributed by atoms with Gasteiger partial charge in [-0.1, -0.05) is 30.3 Å². The van der Waals surface area contributed by atoms with Gasteiger partial charge in [0.05, 0.1) is 6.07 Å². The van der Waals surface area contributed by atoms with Crippen LogP contribution in [0.2, 0.25) is 0 Å². The van der Waals surface area contributed by atoms with E-state index in [0.29, 0.717) is 5.75 Å². The molecule has 0 bridgehead atoms. The van der Waals surface area contributed by atoms with Crippen LogP contribution < -0.4 is 27.2 Å². The first-order valence-electron chi connectivity index (χ1n) is 12.6. The van der Waals surface area contributed by atoms with E-state index in [1.165, 1.54) is 0 Å². The van der Waals surface area contributed by atoms with Crippen LogP contribution in [0.1, 0.15) is 27.7 Å². The van der Waals surface area contributed by atoms with Crippen molar-refractivity contribution >= 4 is 27.4 Å². The van der Waals surface area contributed by atoms with Crippen molar-refractivity contribution in [2.75, 3.05) is 31.1 Å². The fourth-order valence-corrected chi connectivity index (χ4v) is 5.19. The van der Waals surface area contributed by atoms with Gasteiger partial charge in [-0.25, -0.2) is 4.58 Å². The third-order valence-electron chi connectivity index (χ3n) is 7.12. The van der Waals surface area contributed by atoms with Crippen LogP contribution in [0.5, 0.6) is 5.75 Å². The number of halogens is 1. The molecule has 0 unspecified atom stereocenters. The number of hydrogen-bond donors (Lipinski definition) is 1. The van der Waals surface area contributed by atoms with E-state index in [4.69, 9.17) is 4.42 Å². The minimum absolute atomic E-state index is 0. The zero-order chi connectivity index (χ0) is 24.5. The first-order chi connectivity index (χ1) is 17.1. The maximum absolute atomic E-state index is 11.4. The molecule has 3 aromatic rings. The van der Waals surface area contributed by atoms with Crippen molar-refractivity contribution in [2.45, 2.75) is 27.7 Å². The van der Waals surface area contributed by atoms with Crippen molar-refractivity contribution in [1.82, 2.24) is 4.58 Å². The lowest BCUT2D eigenvalue weighted by Gasteiger charge is -2.22. The highest BCUT2D eigenvalue weighted by Gasteiger charge is 2.22. The Labute approximate surface area is 218 Å². The minimum Gasteiger partial charge on any atom is -1.00 e. The number of nitrogens with zero attached hydrogens (tertiary/aromatic N) is 2. The largest absolute Gasteiger partial charge is 1.00 e. The fraction of sp³-hybridized carbons (Fsp3) is 0.258. The van der Waals surface area contributed by atoms with Gasteiger partial charge in [0.2, 0.25) is 5.36 Å². The topological polar surface area (TPSA) is 39.6 Å². The third kappa shape index (κ3) is 4.31. The van der Waals surface area contributed by atoms with Gasteiger partial charge in [0.15, 0.2) is 0 Å². The SMILES string of the molecule is CCN(CC)c1ccc2c(-c3ccc4ccccc4c3O)c3ccc(=[N+](CC)CC)cc-3oc2c1.[Cl-]. The van der Waals surface area contributed by atoms with E-state index >= 15 is 0 Å². The summed E-state index contributed by atoms with van der Waals surface area (Å²) in [7, 11) is 0. The molecule has 5 heteroatoms. The lowest BCUT2D eigenvalue weighted by Crippen LogP contribution is -3.00. The summed E-state index contributed by atoms with van der Waals surface area (Å²) >= 11 is 0. The van der Waals surface area contributed by atoms with Gasteiger partial charge < -0.3 is 26.8 Å². The number of rotatable bonds is 6. The van der Waals surface area contributed by atoms with E-state index in [9.17, 15) is 5.11 Å². The van der Waals surface area contributed by atoms with Gasteiger partial charge >= 0.3 is 0 Å². The number of hydrogen-bond acceptors (Lipinski definition) is 3. The van der Waals surface area contributed by atoms with Crippen LogP contribution in [-0.2, 0) is 0 Å². The number of phenolic OH excluding ortho intramolecular Hbond substituents is 1. The number of phenols is 1. The Morgan fingerprint density at radius 1 is 0.778 bits per heavy atom. The molecule has 186 valence electrons. The normalized spacial score (nSPS) is 11.1. The molecule has 4 nitrogen and oxygen atoms in total. The van der Waals surface area contributed by atoms with Crippen molar-refractivity contribution in [3.63, 3.8) is 0 Å². The van der Waals surface area contributed by atoms with E-state index in [2.05, 4.69) is 79.6 Å². The molecule has 1 heterocycles. The predicted molar refractivity (Wildman–Crippen MR) is 147 cm³/mol. The summed E-state index contributed by atoms with van der Waals surface area (Å²) < 4.78 is 8.88. The van der Waals surface area contributed by atoms with Gasteiger partial charge in [-0.15, -0.1) is 0 Å². The predicted octanol–water partition coefficient (Wildman–Crippen LogP) is 3.73. The molecule has 0 aromatic heterocycles. The molecule has 1 aliphatic carbocycles. The van der Waals surface area contributed by atoms with Crippen molar-refractivity contribution in [3.8, 4) is 28.2 Å². The Morgan fingerprint density at radius 3 is 2.22 bits per heavy atom. The lowest BCUT2D eigenvalue weighted by molar-refractivity contribution is -0.00000847. The standard InChI is InChI=1S/C31H32N2O2.ClH/c1-5-32(6-2)22-14-17-25-28(19-22)35-29-20-23(33(7-3)8-4)15-18-26(29)30(25)27-16-13-21-11-9-10-12-24(21)31(27)34;/h9-20H,5-8H2,1-4H3;1H. The molecular formula is C31H33ClN2O2. The Bertz CT molecular complexity index is 1560. The number of fused-ring (bicyclic) bond motifs is 3. The van der Waals surface area contributed by atoms with E-state index in [0.717, 1.165) is 81.4 Å². The van der Waals surface area contributed by atoms with Crippen LogP contribution in [0.3, 0.4) is 0 Å². The minimum atomic E-state index is 0. The Balaban J connectivity index is 0.00000304. The molecule has 0 fully saturated rings. The van der Waals surface area contributed by atoms with Gasteiger partial charge in [-0.2, -0.15) is 0 Å². The molecule has 0 amide bonds.